The minimum Gasteiger partial charge on any atom is -0.496 e. The average Bonchev–Trinajstić information content (AvgIpc) is 3.24. The van der Waals surface area contributed by atoms with E-state index in [1.54, 1.807) is 19.2 Å². The lowest BCUT2D eigenvalue weighted by molar-refractivity contribution is 0.0432. The Kier molecular flexibility index (Phi) is 4.20. The fourth-order valence-electron chi connectivity index (χ4n) is 1.92. The van der Waals surface area contributed by atoms with Gasteiger partial charge in [0.2, 0.25) is 5.76 Å². The van der Waals surface area contributed by atoms with Crippen molar-refractivity contribution < 1.29 is 18.7 Å². The van der Waals surface area contributed by atoms with Gasteiger partial charge < -0.3 is 13.9 Å². The number of esters is 1. The van der Waals surface area contributed by atoms with E-state index in [4.69, 9.17) is 13.9 Å². The number of hydrogen-bond donors (Lipinski definition) is 0. The Morgan fingerprint density at radius 3 is 2.91 bits per heavy atom. The van der Waals surface area contributed by atoms with Gasteiger partial charge in [-0.1, -0.05) is 12.1 Å². The van der Waals surface area contributed by atoms with Crippen molar-refractivity contribution in [1.29, 1.82) is 0 Å². The van der Waals surface area contributed by atoms with Gasteiger partial charge >= 0.3 is 5.97 Å². The highest BCUT2D eigenvalue weighted by Gasteiger charge is 2.13. The number of rotatable bonds is 5. The second-order valence-corrected chi connectivity index (χ2v) is 5.26. The number of hydrogen-bond acceptors (Lipinski definition) is 6. The number of para-hydroxylation sites is 1. The molecular weight excluding hydrogens is 302 g/mol. The lowest BCUT2D eigenvalue weighted by atomic mass is 10.2. The van der Waals surface area contributed by atoms with Gasteiger partial charge in [0.1, 0.15) is 17.4 Å². The van der Waals surface area contributed by atoms with Crippen LogP contribution in [0.2, 0.25) is 0 Å². The van der Waals surface area contributed by atoms with Crippen LogP contribution >= 0.6 is 11.3 Å². The van der Waals surface area contributed by atoms with Crippen LogP contribution in [0.15, 0.2) is 52.5 Å². The van der Waals surface area contributed by atoms with Crippen molar-refractivity contribution in [3.63, 3.8) is 0 Å². The quantitative estimate of drug-likeness (QED) is 0.671. The molecule has 0 saturated carbocycles. The molecule has 0 aliphatic rings. The number of benzene rings is 1. The Balaban J connectivity index is 1.70. The minimum absolute atomic E-state index is 0.102. The van der Waals surface area contributed by atoms with Crippen LogP contribution in [0.3, 0.4) is 0 Å². The Hall–Kier alpha value is -2.60. The van der Waals surface area contributed by atoms with Gasteiger partial charge in [0.15, 0.2) is 0 Å². The van der Waals surface area contributed by atoms with E-state index in [1.165, 1.54) is 17.6 Å². The molecule has 6 heteroatoms. The zero-order valence-corrected chi connectivity index (χ0v) is 12.6. The molecule has 0 spiro atoms. The summed E-state index contributed by atoms with van der Waals surface area (Å²) in [5.41, 5.74) is 1.60. The van der Waals surface area contributed by atoms with Gasteiger partial charge in [-0.25, -0.2) is 9.78 Å². The highest BCUT2D eigenvalue weighted by atomic mass is 32.1. The van der Waals surface area contributed by atoms with Gasteiger partial charge in [0.25, 0.3) is 0 Å². The number of nitrogens with zero attached hydrogens (tertiary/aromatic N) is 1. The second-order valence-electron chi connectivity index (χ2n) is 4.40. The van der Waals surface area contributed by atoms with Crippen LogP contribution < -0.4 is 4.74 Å². The molecule has 3 aromatic rings. The smallest absolute Gasteiger partial charge is 0.374 e. The molecule has 2 heterocycles. The van der Waals surface area contributed by atoms with E-state index in [-0.39, 0.29) is 12.4 Å². The SMILES string of the molecule is COc1ccccc1-c1nc(COC(=O)c2ccco2)cs1. The Morgan fingerprint density at radius 2 is 2.14 bits per heavy atom. The van der Waals surface area contributed by atoms with Crippen molar-refractivity contribution in [3.05, 3.63) is 59.5 Å². The van der Waals surface area contributed by atoms with Crippen LogP contribution in [0.4, 0.5) is 0 Å². The van der Waals surface area contributed by atoms with Gasteiger partial charge in [0, 0.05) is 5.38 Å². The molecule has 3 rings (SSSR count). The number of aromatic nitrogens is 1. The van der Waals surface area contributed by atoms with Crippen LogP contribution in [0.25, 0.3) is 10.6 Å². The summed E-state index contributed by atoms with van der Waals surface area (Å²) in [6.07, 6.45) is 1.43. The first kappa shape index (κ1) is 14.3. The summed E-state index contributed by atoms with van der Waals surface area (Å²) in [6, 6.07) is 10.9. The van der Waals surface area contributed by atoms with E-state index in [1.807, 2.05) is 29.6 Å². The van der Waals surface area contributed by atoms with Gasteiger partial charge in [-0.3, -0.25) is 0 Å². The first-order chi connectivity index (χ1) is 10.8. The number of thiazole rings is 1. The summed E-state index contributed by atoms with van der Waals surface area (Å²) in [5.74, 6) is 0.438. The molecule has 0 bridgehead atoms. The van der Waals surface area contributed by atoms with Gasteiger partial charge in [-0.05, 0) is 24.3 Å². The molecule has 5 nitrogen and oxygen atoms in total. The summed E-state index contributed by atoms with van der Waals surface area (Å²) in [6.45, 7) is 0.102. The maximum atomic E-state index is 11.7. The maximum absolute atomic E-state index is 11.7. The van der Waals surface area contributed by atoms with Crippen LogP contribution in [-0.4, -0.2) is 18.1 Å². The van der Waals surface area contributed by atoms with Gasteiger partial charge in [0.05, 0.1) is 24.6 Å². The first-order valence-corrected chi connectivity index (χ1v) is 7.44. The molecule has 0 unspecified atom stereocenters. The lowest BCUT2D eigenvalue weighted by Crippen LogP contribution is -2.04. The molecule has 0 aliphatic carbocycles. The monoisotopic (exact) mass is 315 g/mol. The van der Waals surface area contributed by atoms with E-state index in [2.05, 4.69) is 4.98 Å². The van der Waals surface area contributed by atoms with Crippen molar-refractivity contribution in [2.24, 2.45) is 0 Å². The number of carbonyl (C=O) groups excluding carboxylic acids is 1. The highest BCUT2D eigenvalue weighted by molar-refractivity contribution is 7.13. The van der Waals surface area contributed by atoms with Gasteiger partial charge in [-0.15, -0.1) is 11.3 Å². The zero-order chi connectivity index (χ0) is 15.4. The van der Waals surface area contributed by atoms with Crippen LogP contribution in [0.5, 0.6) is 5.75 Å². The number of methoxy groups -OCH3 is 1. The summed E-state index contributed by atoms with van der Waals surface area (Å²) in [7, 11) is 1.62. The van der Waals surface area contributed by atoms with Crippen molar-refractivity contribution in [2.45, 2.75) is 6.61 Å². The minimum atomic E-state index is -0.503. The van der Waals surface area contributed by atoms with E-state index in [0.29, 0.717) is 5.69 Å². The maximum Gasteiger partial charge on any atom is 0.374 e. The number of furan rings is 1. The van der Waals surface area contributed by atoms with E-state index in [0.717, 1.165) is 16.3 Å². The van der Waals surface area contributed by atoms with Crippen LogP contribution in [0, 0.1) is 0 Å². The van der Waals surface area contributed by atoms with Crippen molar-refractivity contribution >= 4 is 17.3 Å². The largest absolute Gasteiger partial charge is 0.496 e. The fourth-order valence-corrected chi connectivity index (χ4v) is 2.76. The van der Waals surface area contributed by atoms with Crippen molar-refractivity contribution in [1.82, 2.24) is 4.98 Å². The average molecular weight is 315 g/mol. The molecule has 22 heavy (non-hydrogen) atoms. The highest BCUT2D eigenvalue weighted by Crippen LogP contribution is 2.31. The predicted molar refractivity (Wildman–Crippen MR) is 81.9 cm³/mol. The number of ether oxygens (including phenoxy) is 2. The second kappa shape index (κ2) is 6.44. The first-order valence-electron chi connectivity index (χ1n) is 6.56. The predicted octanol–water partition coefficient (Wildman–Crippen LogP) is 3.77. The molecule has 112 valence electrons. The molecule has 0 saturated heterocycles. The zero-order valence-electron chi connectivity index (χ0n) is 11.8. The third kappa shape index (κ3) is 3.01. The fraction of sp³-hybridized carbons (Fsp3) is 0.125. The van der Waals surface area contributed by atoms with Crippen LogP contribution in [0.1, 0.15) is 16.2 Å². The third-order valence-electron chi connectivity index (χ3n) is 2.96. The van der Waals surface area contributed by atoms with E-state index in [9.17, 15) is 4.79 Å². The topological polar surface area (TPSA) is 61.6 Å². The Bertz CT molecular complexity index is 764. The molecule has 0 radical (unpaired) electrons. The van der Waals surface area contributed by atoms with Crippen molar-refractivity contribution in [3.8, 4) is 16.3 Å². The molecule has 0 aliphatic heterocycles. The Labute approximate surface area is 131 Å². The summed E-state index contributed by atoms with van der Waals surface area (Å²) in [4.78, 5) is 16.2. The standard InChI is InChI=1S/C16H13NO4S/c1-19-13-6-3-2-5-12(13)15-17-11(10-22-15)9-21-16(18)14-7-4-8-20-14/h2-8,10H,9H2,1H3. The summed E-state index contributed by atoms with van der Waals surface area (Å²) in [5, 5.41) is 2.68. The van der Waals surface area contributed by atoms with Crippen LogP contribution in [-0.2, 0) is 11.3 Å². The molecule has 2 aromatic heterocycles. The van der Waals surface area contributed by atoms with E-state index >= 15 is 0 Å². The number of carbonyl (C=O) groups is 1. The summed E-state index contributed by atoms with van der Waals surface area (Å²) < 4.78 is 15.5. The molecule has 0 amide bonds. The molecule has 0 atom stereocenters. The Morgan fingerprint density at radius 1 is 1.27 bits per heavy atom. The molecule has 0 N–H and O–H groups in total. The molecule has 1 aromatic carbocycles. The lowest BCUT2D eigenvalue weighted by Gasteiger charge is -2.04. The third-order valence-corrected chi connectivity index (χ3v) is 3.89. The van der Waals surface area contributed by atoms with E-state index < -0.39 is 5.97 Å². The normalized spacial score (nSPS) is 10.4. The van der Waals surface area contributed by atoms with Gasteiger partial charge in [-0.2, -0.15) is 0 Å². The molecule has 0 fully saturated rings. The van der Waals surface area contributed by atoms with Crippen molar-refractivity contribution in [2.75, 3.05) is 7.11 Å². The molecular formula is C16H13NO4S. The summed E-state index contributed by atoms with van der Waals surface area (Å²) >= 11 is 1.48.